The van der Waals surface area contributed by atoms with Crippen molar-refractivity contribution in [3.8, 4) is 0 Å². The third-order valence-electron chi connectivity index (χ3n) is 10.9. The van der Waals surface area contributed by atoms with E-state index in [1.807, 2.05) is 45.8 Å². The van der Waals surface area contributed by atoms with Gasteiger partial charge in [-0.1, -0.05) is 76.6 Å². The van der Waals surface area contributed by atoms with Gasteiger partial charge < -0.3 is 20.9 Å². The summed E-state index contributed by atoms with van der Waals surface area (Å²) in [4.78, 5) is 59.8. The van der Waals surface area contributed by atoms with Gasteiger partial charge in [-0.15, -0.1) is 0 Å². The largest absolute Gasteiger partial charge is 0.355 e. The number of benzene rings is 1. The summed E-state index contributed by atoms with van der Waals surface area (Å²) in [5.41, 5.74) is 2.51. The summed E-state index contributed by atoms with van der Waals surface area (Å²) in [6, 6.07) is 5.88. The van der Waals surface area contributed by atoms with Gasteiger partial charge in [0.2, 0.25) is 23.6 Å². The molecular weight excluding hydrogens is 590 g/mol. The van der Waals surface area contributed by atoms with E-state index >= 15 is 0 Å². The molecule has 0 spiro atoms. The molecule has 0 heterocycles. The molecule has 2 saturated carbocycles. The van der Waals surface area contributed by atoms with Gasteiger partial charge in [-0.2, -0.15) is 0 Å². The van der Waals surface area contributed by atoms with Gasteiger partial charge in [-0.25, -0.2) is 0 Å². The molecule has 3 N–H and O–H groups in total. The van der Waals surface area contributed by atoms with Crippen molar-refractivity contribution in [2.75, 3.05) is 27.7 Å². The lowest BCUT2D eigenvalue weighted by Crippen LogP contribution is -2.61. The van der Waals surface area contributed by atoms with Crippen molar-refractivity contribution in [2.24, 2.45) is 17.8 Å². The minimum absolute atomic E-state index is 0.00948. The number of rotatable bonds is 14. The summed E-state index contributed by atoms with van der Waals surface area (Å²) >= 11 is 0. The molecule has 1 aromatic rings. The lowest BCUT2D eigenvalue weighted by Gasteiger charge is -2.38. The Morgan fingerprint density at radius 3 is 1.91 bits per heavy atom. The van der Waals surface area contributed by atoms with Crippen LogP contribution in [0.3, 0.4) is 0 Å². The third kappa shape index (κ3) is 9.36. The van der Waals surface area contributed by atoms with Crippen LogP contribution in [-0.2, 0) is 25.6 Å². The van der Waals surface area contributed by atoms with Gasteiger partial charge in [0.15, 0.2) is 0 Å². The zero-order valence-corrected chi connectivity index (χ0v) is 29.9. The number of fused-ring (bicyclic) bond motifs is 1. The van der Waals surface area contributed by atoms with Gasteiger partial charge in [-0.05, 0) is 94.8 Å². The summed E-state index contributed by atoms with van der Waals surface area (Å²) < 4.78 is 0. The van der Waals surface area contributed by atoms with Crippen LogP contribution in [0, 0.1) is 17.8 Å². The number of carbonyl (C=O) groups excluding carboxylic acids is 4. The van der Waals surface area contributed by atoms with Gasteiger partial charge in [0.05, 0.1) is 6.04 Å². The number of amides is 4. The number of nitrogens with zero attached hydrogens (tertiary/aromatic N) is 2. The van der Waals surface area contributed by atoms with Crippen LogP contribution >= 0.6 is 0 Å². The summed E-state index contributed by atoms with van der Waals surface area (Å²) in [7, 11) is 5.58. The van der Waals surface area contributed by atoms with Gasteiger partial charge in [0.1, 0.15) is 18.1 Å². The van der Waals surface area contributed by atoms with Crippen molar-refractivity contribution >= 4 is 23.6 Å². The monoisotopic (exact) mass is 651 g/mol. The molecule has 47 heavy (non-hydrogen) atoms. The molecule has 0 aliphatic heterocycles. The first-order valence-electron chi connectivity index (χ1n) is 18.4. The molecule has 0 bridgehead atoms. The Morgan fingerprint density at radius 2 is 1.34 bits per heavy atom. The molecule has 0 saturated heterocycles. The lowest BCUT2D eigenvalue weighted by molar-refractivity contribution is -0.144. The Kier molecular flexibility index (Phi) is 13.7. The van der Waals surface area contributed by atoms with Crippen molar-refractivity contribution in [3.63, 3.8) is 0 Å². The average Bonchev–Trinajstić information content (AvgIpc) is 3.48. The van der Waals surface area contributed by atoms with Crippen molar-refractivity contribution in [1.82, 2.24) is 25.8 Å². The highest BCUT2D eigenvalue weighted by molar-refractivity contribution is 5.95. The van der Waals surface area contributed by atoms with Gasteiger partial charge >= 0.3 is 0 Å². The summed E-state index contributed by atoms with van der Waals surface area (Å²) in [5.74, 6) is -0.528. The molecule has 3 aliphatic carbocycles. The molecule has 3 aliphatic rings. The first kappa shape index (κ1) is 36.9. The number of hydrogen-bond acceptors (Lipinski definition) is 5. The molecule has 262 valence electrons. The van der Waals surface area contributed by atoms with E-state index in [1.165, 1.54) is 11.1 Å². The first-order valence-corrected chi connectivity index (χ1v) is 18.4. The van der Waals surface area contributed by atoms with Crippen LogP contribution < -0.4 is 16.0 Å². The Bertz CT molecular complexity index is 1210. The molecule has 1 aromatic carbocycles. The zero-order valence-electron chi connectivity index (χ0n) is 29.9. The fourth-order valence-electron chi connectivity index (χ4n) is 8.44. The Hall–Kier alpha value is -2.94. The predicted molar refractivity (Wildman–Crippen MR) is 187 cm³/mol. The predicted octanol–water partition coefficient (Wildman–Crippen LogP) is 4.79. The van der Waals surface area contributed by atoms with E-state index in [0.29, 0.717) is 13.0 Å². The van der Waals surface area contributed by atoms with E-state index in [2.05, 4.69) is 34.1 Å². The van der Waals surface area contributed by atoms with Crippen molar-refractivity contribution in [2.45, 2.75) is 134 Å². The third-order valence-corrected chi connectivity index (χ3v) is 10.9. The maximum Gasteiger partial charge on any atom is 0.245 e. The highest BCUT2D eigenvalue weighted by atomic mass is 16.2. The minimum Gasteiger partial charge on any atom is -0.355 e. The molecule has 9 nitrogen and oxygen atoms in total. The van der Waals surface area contributed by atoms with Gasteiger partial charge in [0.25, 0.3) is 0 Å². The number of nitrogens with one attached hydrogen (secondary N) is 3. The number of likely N-dealkylation sites (N-methyl/N-ethyl adjacent to an activating group) is 3. The zero-order chi connectivity index (χ0) is 34.1. The average molecular weight is 652 g/mol. The maximum absolute atomic E-state index is 14.5. The van der Waals surface area contributed by atoms with E-state index in [0.717, 1.165) is 77.0 Å². The lowest BCUT2D eigenvalue weighted by atomic mass is 9.81. The van der Waals surface area contributed by atoms with Crippen molar-refractivity contribution in [3.05, 3.63) is 35.4 Å². The Labute approximate surface area is 283 Å². The van der Waals surface area contributed by atoms with Crippen LogP contribution in [0.25, 0.3) is 0 Å². The minimum atomic E-state index is -0.744. The molecule has 1 unspecified atom stereocenters. The van der Waals surface area contributed by atoms with Gasteiger partial charge in [0, 0.05) is 19.5 Å². The second-order valence-corrected chi connectivity index (χ2v) is 15.0. The number of hydrogen-bond donors (Lipinski definition) is 3. The summed E-state index contributed by atoms with van der Waals surface area (Å²) in [5, 5.41) is 9.37. The number of aryl methyl sites for hydroxylation is 1. The standard InChI is InChI=1S/C38H61N5O4/c1-7-39-35(44)31(24-25(2)3)43(6)38(47)33(28-19-12-9-13-20-28)41-36(45)32(27-17-10-8-11-18-27)40-37(46)34(42(4)5)30-23-22-26-16-14-15-21-29(26)30/h14-16,21,25,27-28,30-34H,7-13,17-20,22-24H2,1-6H3,(H,39,44)(H,40,46)(H,41,45)/t30?,31-,32-,33-,34-/m1/s1. The second kappa shape index (κ2) is 17.5. The van der Waals surface area contributed by atoms with Crippen LogP contribution in [0.2, 0.25) is 0 Å². The van der Waals surface area contributed by atoms with E-state index in [9.17, 15) is 19.2 Å². The van der Waals surface area contributed by atoms with E-state index in [1.54, 1.807) is 11.9 Å². The maximum atomic E-state index is 14.5. The molecule has 0 aromatic heterocycles. The van der Waals surface area contributed by atoms with Crippen LogP contribution in [-0.4, -0.2) is 85.3 Å². The van der Waals surface area contributed by atoms with Crippen LogP contribution in [0.4, 0.5) is 0 Å². The van der Waals surface area contributed by atoms with Crippen molar-refractivity contribution in [1.29, 1.82) is 0 Å². The molecule has 4 rings (SSSR count). The van der Waals surface area contributed by atoms with E-state index in [4.69, 9.17) is 0 Å². The smallest absolute Gasteiger partial charge is 0.245 e. The first-order chi connectivity index (χ1) is 22.5. The van der Waals surface area contributed by atoms with Crippen molar-refractivity contribution < 1.29 is 19.2 Å². The summed E-state index contributed by atoms with van der Waals surface area (Å²) in [6.07, 6.45) is 12.1. The van der Waals surface area contributed by atoms with E-state index < -0.39 is 24.2 Å². The highest BCUT2D eigenvalue weighted by Crippen LogP contribution is 2.37. The Balaban J connectivity index is 1.60. The molecular formula is C38H61N5O4. The van der Waals surface area contributed by atoms with Crippen LogP contribution in [0.15, 0.2) is 24.3 Å². The second-order valence-electron chi connectivity index (χ2n) is 15.0. The topological polar surface area (TPSA) is 111 Å². The normalized spacial score (nSPS) is 21.4. The quantitative estimate of drug-likeness (QED) is 0.268. The Morgan fingerprint density at radius 1 is 0.766 bits per heavy atom. The molecule has 5 atom stereocenters. The summed E-state index contributed by atoms with van der Waals surface area (Å²) in [6.45, 7) is 6.46. The fourth-order valence-corrected chi connectivity index (χ4v) is 8.44. The van der Waals surface area contributed by atoms with Crippen LogP contribution in [0.1, 0.15) is 115 Å². The molecule has 4 amide bonds. The van der Waals surface area contributed by atoms with E-state index in [-0.39, 0.29) is 47.3 Å². The molecule has 9 heteroatoms. The SMILES string of the molecule is CCNC(=O)[C@@H](CC(C)C)N(C)C(=O)[C@H](NC(=O)[C@H](NC(=O)[C@@H](C1CCc2ccccc21)N(C)C)C1CCCCC1)C1CCCCC1. The molecule has 0 radical (unpaired) electrons. The van der Waals surface area contributed by atoms with Gasteiger partial charge in [-0.3, -0.25) is 24.1 Å². The highest BCUT2D eigenvalue weighted by Gasteiger charge is 2.42. The fraction of sp³-hybridized carbons (Fsp3) is 0.737. The molecule has 2 fully saturated rings. The number of carbonyl (C=O) groups is 4. The van der Waals surface area contributed by atoms with Crippen LogP contribution in [0.5, 0.6) is 0 Å².